The molecule has 154 valence electrons. The standard InChI is InChI=1S/C23H21ClN2O3S/c1-2-11-25-15-16(19-5-3-4-6-20(19)25)14-21-22(27)26(23(28)30-21)12-13-29-18-9-7-17(24)8-10-18/h3-10,14-15H,2,11-13H2,1H3/b21-14-. The van der Waals surface area contributed by atoms with Gasteiger partial charge in [-0.05, 0) is 54.6 Å². The van der Waals surface area contributed by atoms with Crippen molar-refractivity contribution in [2.24, 2.45) is 0 Å². The highest BCUT2D eigenvalue weighted by atomic mass is 35.5. The Morgan fingerprint density at radius 1 is 1.07 bits per heavy atom. The van der Waals surface area contributed by atoms with Crippen LogP contribution in [0, 0.1) is 0 Å². The van der Waals surface area contributed by atoms with E-state index in [1.807, 2.05) is 30.5 Å². The molecular weight excluding hydrogens is 420 g/mol. The second-order valence-corrected chi connectivity index (χ2v) is 8.36. The molecule has 5 nitrogen and oxygen atoms in total. The van der Waals surface area contributed by atoms with Crippen LogP contribution in [0.1, 0.15) is 18.9 Å². The second kappa shape index (κ2) is 8.98. The quantitative estimate of drug-likeness (QED) is 0.434. The van der Waals surface area contributed by atoms with Crippen LogP contribution in [0.25, 0.3) is 17.0 Å². The number of thioether (sulfide) groups is 1. The van der Waals surface area contributed by atoms with Crippen molar-refractivity contribution in [1.29, 1.82) is 0 Å². The van der Waals surface area contributed by atoms with E-state index in [-0.39, 0.29) is 24.3 Å². The number of para-hydroxylation sites is 1. The minimum Gasteiger partial charge on any atom is -0.492 e. The lowest BCUT2D eigenvalue weighted by atomic mass is 10.1. The van der Waals surface area contributed by atoms with Gasteiger partial charge in [-0.15, -0.1) is 0 Å². The zero-order valence-corrected chi connectivity index (χ0v) is 18.1. The van der Waals surface area contributed by atoms with E-state index in [4.69, 9.17) is 16.3 Å². The molecular formula is C23H21ClN2O3S. The van der Waals surface area contributed by atoms with Crippen LogP contribution in [-0.2, 0) is 11.3 Å². The number of ether oxygens (including phenoxy) is 1. The Morgan fingerprint density at radius 3 is 2.60 bits per heavy atom. The van der Waals surface area contributed by atoms with Crippen LogP contribution in [0.3, 0.4) is 0 Å². The molecule has 0 atom stereocenters. The summed E-state index contributed by atoms with van der Waals surface area (Å²) in [5.74, 6) is 0.364. The van der Waals surface area contributed by atoms with Crippen molar-refractivity contribution >= 4 is 51.5 Å². The van der Waals surface area contributed by atoms with Gasteiger partial charge in [-0.2, -0.15) is 0 Å². The monoisotopic (exact) mass is 440 g/mol. The van der Waals surface area contributed by atoms with Crippen molar-refractivity contribution in [1.82, 2.24) is 9.47 Å². The smallest absolute Gasteiger partial charge is 0.293 e. The van der Waals surface area contributed by atoms with Gasteiger partial charge in [0.15, 0.2) is 0 Å². The van der Waals surface area contributed by atoms with Gasteiger partial charge in [0, 0.05) is 34.2 Å². The number of carbonyl (C=O) groups excluding carboxylic acids is 2. The SMILES string of the molecule is CCCn1cc(/C=C2\SC(=O)N(CCOc3ccc(Cl)cc3)C2=O)c2ccccc21. The number of benzene rings is 2. The van der Waals surface area contributed by atoms with E-state index in [0.29, 0.717) is 15.7 Å². The molecule has 3 aromatic rings. The summed E-state index contributed by atoms with van der Waals surface area (Å²) in [5, 5.41) is 1.42. The van der Waals surface area contributed by atoms with Gasteiger partial charge in [-0.3, -0.25) is 14.5 Å². The first-order valence-electron chi connectivity index (χ1n) is 9.78. The van der Waals surface area contributed by atoms with Crippen LogP contribution in [0.5, 0.6) is 5.75 Å². The highest BCUT2D eigenvalue weighted by Gasteiger charge is 2.35. The Morgan fingerprint density at radius 2 is 1.83 bits per heavy atom. The number of halogens is 1. The van der Waals surface area contributed by atoms with Crippen LogP contribution in [0.15, 0.2) is 59.6 Å². The van der Waals surface area contributed by atoms with E-state index in [1.54, 1.807) is 24.3 Å². The van der Waals surface area contributed by atoms with Crippen LogP contribution in [0.2, 0.25) is 5.02 Å². The Hall–Kier alpha value is -2.70. The van der Waals surface area contributed by atoms with Crippen LogP contribution in [-0.4, -0.2) is 33.8 Å². The fourth-order valence-electron chi connectivity index (χ4n) is 3.44. The van der Waals surface area contributed by atoms with E-state index >= 15 is 0 Å². The number of imide groups is 1. The maximum atomic E-state index is 12.8. The summed E-state index contributed by atoms with van der Waals surface area (Å²) in [5.41, 5.74) is 2.07. The van der Waals surface area contributed by atoms with Gasteiger partial charge in [0.1, 0.15) is 12.4 Å². The van der Waals surface area contributed by atoms with Gasteiger partial charge >= 0.3 is 0 Å². The lowest BCUT2D eigenvalue weighted by Gasteiger charge is -2.13. The van der Waals surface area contributed by atoms with Crippen LogP contribution < -0.4 is 4.74 Å². The summed E-state index contributed by atoms with van der Waals surface area (Å²) in [7, 11) is 0. The van der Waals surface area contributed by atoms with Crippen LogP contribution in [0.4, 0.5) is 4.79 Å². The fraction of sp³-hybridized carbons (Fsp3) is 0.217. The molecule has 0 bridgehead atoms. The molecule has 0 saturated carbocycles. The number of rotatable bonds is 7. The highest BCUT2D eigenvalue weighted by Crippen LogP contribution is 2.34. The maximum Gasteiger partial charge on any atom is 0.293 e. The van der Waals surface area contributed by atoms with Crippen molar-refractivity contribution in [2.75, 3.05) is 13.2 Å². The summed E-state index contributed by atoms with van der Waals surface area (Å²) < 4.78 is 7.81. The van der Waals surface area contributed by atoms with E-state index < -0.39 is 0 Å². The minimum absolute atomic E-state index is 0.197. The predicted molar refractivity (Wildman–Crippen MR) is 122 cm³/mol. The number of aryl methyl sites for hydroxylation is 1. The van der Waals surface area contributed by atoms with Gasteiger partial charge in [0.2, 0.25) is 0 Å². The van der Waals surface area contributed by atoms with Gasteiger partial charge in [0.25, 0.3) is 11.1 Å². The summed E-state index contributed by atoms with van der Waals surface area (Å²) in [6.07, 6.45) is 4.88. The molecule has 7 heteroatoms. The van der Waals surface area contributed by atoms with Gasteiger partial charge in [-0.25, -0.2) is 0 Å². The molecule has 1 fully saturated rings. The number of amides is 2. The molecule has 30 heavy (non-hydrogen) atoms. The molecule has 2 heterocycles. The Labute approximate surface area is 184 Å². The third-order valence-corrected chi connectivity index (χ3v) is 6.00. The fourth-order valence-corrected chi connectivity index (χ4v) is 4.42. The molecule has 0 radical (unpaired) electrons. The number of carbonyl (C=O) groups is 2. The molecule has 2 amide bonds. The zero-order chi connectivity index (χ0) is 21.1. The lowest BCUT2D eigenvalue weighted by molar-refractivity contribution is -0.123. The van der Waals surface area contributed by atoms with E-state index in [9.17, 15) is 9.59 Å². The molecule has 0 unspecified atom stereocenters. The topological polar surface area (TPSA) is 51.5 Å². The highest BCUT2D eigenvalue weighted by molar-refractivity contribution is 8.18. The number of aromatic nitrogens is 1. The third-order valence-electron chi connectivity index (χ3n) is 4.84. The molecule has 1 aliphatic rings. The molecule has 0 spiro atoms. The van der Waals surface area contributed by atoms with Gasteiger partial charge in [-0.1, -0.05) is 36.7 Å². The molecule has 0 N–H and O–H groups in total. The first-order chi connectivity index (χ1) is 14.6. The second-order valence-electron chi connectivity index (χ2n) is 6.93. The normalized spacial score (nSPS) is 15.5. The molecule has 1 saturated heterocycles. The average molecular weight is 441 g/mol. The average Bonchev–Trinajstić information content (AvgIpc) is 3.22. The first kappa shape index (κ1) is 20.6. The number of hydrogen-bond acceptors (Lipinski definition) is 4. The number of hydrogen-bond donors (Lipinski definition) is 0. The zero-order valence-electron chi connectivity index (χ0n) is 16.5. The Bertz CT molecular complexity index is 1120. The summed E-state index contributed by atoms with van der Waals surface area (Å²) in [4.78, 5) is 26.9. The van der Waals surface area contributed by atoms with Gasteiger partial charge in [0.05, 0.1) is 11.4 Å². The van der Waals surface area contributed by atoms with Crippen LogP contribution >= 0.6 is 23.4 Å². The predicted octanol–water partition coefficient (Wildman–Crippen LogP) is 5.82. The number of fused-ring (bicyclic) bond motifs is 1. The molecule has 1 aliphatic heterocycles. The van der Waals surface area contributed by atoms with Crippen molar-refractivity contribution in [3.63, 3.8) is 0 Å². The first-order valence-corrected chi connectivity index (χ1v) is 11.0. The summed E-state index contributed by atoms with van der Waals surface area (Å²) in [6, 6.07) is 15.1. The maximum absolute atomic E-state index is 12.8. The van der Waals surface area contributed by atoms with Gasteiger partial charge < -0.3 is 9.30 Å². The number of nitrogens with zero attached hydrogens (tertiary/aromatic N) is 2. The third kappa shape index (κ3) is 4.25. The molecule has 1 aromatic heterocycles. The Kier molecular flexibility index (Phi) is 6.16. The largest absolute Gasteiger partial charge is 0.492 e. The molecule has 4 rings (SSSR count). The lowest BCUT2D eigenvalue weighted by Crippen LogP contribution is -2.32. The van der Waals surface area contributed by atoms with Crippen molar-refractivity contribution < 1.29 is 14.3 Å². The summed E-state index contributed by atoms with van der Waals surface area (Å²) >= 11 is 6.83. The van der Waals surface area contributed by atoms with Crippen molar-refractivity contribution in [3.8, 4) is 5.75 Å². The van der Waals surface area contributed by atoms with E-state index in [0.717, 1.165) is 41.2 Å². The van der Waals surface area contributed by atoms with E-state index in [2.05, 4.69) is 17.6 Å². The molecule has 2 aromatic carbocycles. The van der Waals surface area contributed by atoms with Crippen molar-refractivity contribution in [2.45, 2.75) is 19.9 Å². The van der Waals surface area contributed by atoms with E-state index in [1.165, 1.54) is 4.90 Å². The Balaban J connectivity index is 1.49. The van der Waals surface area contributed by atoms with Crippen molar-refractivity contribution in [3.05, 3.63) is 70.2 Å². The molecule has 0 aliphatic carbocycles. The summed E-state index contributed by atoms with van der Waals surface area (Å²) in [6.45, 7) is 3.45. The minimum atomic E-state index is -0.281.